The number of para-hydroxylation sites is 1. The minimum absolute atomic E-state index is 0.289. The van der Waals surface area contributed by atoms with Crippen LogP contribution in [-0.4, -0.2) is 77.0 Å². The van der Waals surface area contributed by atoms with Gasteiger partial charge in [-0.15, -0.1) is 0 Å². The number of benzene rings is 2. The van der Waals surface area contributed by atoms with Gasteiger partial charge in [-0.05, 0) is 24.3 Å². The SMILES string of the molecule is c1ccc(Oc2ccc(N(CC3CO3)CC3CO3)c(N(CC3CO3)CC3CO3)c2)cc1. The lowest BCUT2D eigenvalue weighted by Crippen LogP contribution is -2.36. The van der Waals surface area contributed by atoms with Crippen LogP contribution in [0.5, 0.6) is 11.5 Å². The van der Waals surface area contributed by atoms with Crippen molar-refractivity contribution in [3.63, 3.8) is 0 Å². The lowest BCUT2D eigenvalue weighted by Gasteiger charge is -2.32. The largest absolute Gasteiger partial charge is 0.457 e. The first kappa shape index (κ1) is 19.4. The summed E-state index contributed by atoms with van der Waals surface area (Å²) in [6, 6.07) is 16.3. The highest BCUT2D eigenvalue weighted by molar-refractivity contribution is 5.74. The van der Waals surface area contributed by atoms with E-state index in [2.05, 4.69) is 28.0 Å². The maximum Gasteiger partial charge on any atom is 0.129 e. The molecule has 0 aliphatic carbocycles. The Hall–Kier alpha value is -2.32. The summed E-state index contributed by atoms with van der Waals surface area (Å²) in [4.78, 5) is 4.81. The minimum atomic E-state index is 0.289. The van der Waals surface area contributed by atoms with E-state index in [0.29, 0.717) is 12.2 Å². The highest BCUT2D eigenvalue weighted by Crippen LogP contribution is 2.38. The number of hydrogen-bond donors (Lipinski definition) is 0. The second kappa shape index (κ2) is 8.31. The van der Waals surface area contributed by atoms with Crippen LogP contribution in [0.25, 0.3) is 0 Å². The van der Waals surface area contributed by atoms with Gasteiger partial charge in [0.25, 0.3) is 0 Å². The van der Waals surface area contributed by atoms with Crippen LogP contribution in [0.4, 0.5) is 11.4 Å². The molecule has 4 aliphatic rings. The van der Waals surface area contributed by atoms with Gasteiger partial charge in [-0.3, -0.25) is 0 Å². The Labute approximate surface area is 182 Å². The highest BCUT2D eigenvalue weighted by atomic mass is 16.6. The molecular weight excluding hydrogens is 396 g/mol. The Morgan fingerprint density at radius 2 is 1.10 bits per heavy atom. The van der Waals surface area contributed by atoms with Crippen molar-refractivity contribution in [3.05, 3.63) is 48.5 Å². The zero-order chi connectivity index (χ0) is 20.6. The number of rotatable bonds is 12. The molecule has 0 N–H and O–H groups in total. The molecule has 7 nitrogen and oxygen atoms in total. The van der Waals surface area contributed by atoms with Crippen molar-refractivity contribution < 1.29 is 23.7 Å². The molecule has 0 bridgehead atoms. The summed E-state index contributed by atoms with van der Waals surface area (Å²) in [5, 5.41) is 0. The predicted octanol–water partition coefficient (Wildman–Crippen LogP) is 2.69. The van der Waals surface area contributed by atoms with Gasteiger partial charge in [-0.25, -0.2) is 0 Å². The molecule has 164 valence electrons. The van der Waals surface area contributed by atoms with Crippen LogP contribution in [0, 0.1) is 0 Å². The number of hydrogen-bond acceptors (Lipinski definition) is 7. The Morgan fingerprint density at radius 3 is 1.58 bits per heavy atom. The lowest BCUT2D eigenvalue weighted by atomic mass is 10.1. The first-order valence-electron chi connectivity index (χ1n) is 11.1. The molecule has 7 heteroatoms. The summed E-state index contributed by atoms with van der Waals surface area (Å²) in [5.74, 6) is 1.66. The molecule has 4 aliphatic heterocycles. The third-order valence-electron chi connectivity index (χ3n) is 5.91. The maximum absolute atomic E-state index is 6.17. The number of epoxide rings is 4. The Morgan fingerprint density at radius 1 is 0.613 bits per heavy atom. The second-order valence-corrected chi connectivity index (χ2v) is 8.70. The zero-order valence-corrected chi connectivity index (χ0v) is 17.5. The summed E-state index contributed by atoms with van der Waals surface area (Å²) in [5.41, 5.74) is 2.34. The van der Waals surface area contributed by atoms with Gasteiger partial charge in [0, 0.05) is 32.2 Å². The molecule has 2 aromatic rings. The zero-order valence-electron chi connectivity index (χ0n) is 17.5. The molecule has 31 heavy (non-hydrogen) atoms. The molecule has 0 amide bonds. The third-order valence-corrected chi connectivity index (χ3v) is 5.91. The van der Waals surface area contributed by atoms with Crippen molar-refractivity contribution in [1.29, 1.82) is 0 Å². The van der Waals surface area contributed by atoms with Crippen molar-refractivity contribution in [2.45, 2.75) is 24.4 Å². The normalized spacial score (nSPS) is 27.5. The average Bonchev–Trinajstić information content (AvgIpc) is 3.62. The monoisotopic (exact) mass is 424 g/mol. The lowest BCUT2D eigenvalue weighted by molar-refractivity contribution is 0.386. The Bertz CT molecular complexity index is 866. The summed E-state index contributed by atoms with van der Waals surface area (Å²) in [6.45, 7) is 6.79. The summed E-state index contributed by atoms with van der Waals surface area (Å²) in [7, 11) is 0. The first-order valence-corrected chi connectivity index (χ1v) is 11.1. The van der Waals surface area contributed by atoms with Crippen molar-refractivity contribution >= 4 is 11.4 Å². The Kier molecular flexibility index (Phi) is 5.20. The van der Waals surface area contributed by atoms with Gasteiger partial charge < -0.3 is 33.5 Å². The van der Waals surface area contributed by atoms with Crippen LogP contribution >= 0.6 is 0 Å². The molecule has 4 unspecified atom stereocenters. The van der Waals surface area contributed by atoms with Crippen molar-refractivity contribution in [2.75, 3.05) is 62.4 Å². The van der Waals surface area contributed by atoms with E-state index in [4.69, 9.17) is 23.7 Å². The minimum Gasteiger partial charge on any atom is -0.457 e. The highest BCUT2D eigenvalue weighted by Gasteiger charge is 2.35. The van der Waals surface area contributed by atoms with Gasteiger partial charge in [0.15, 0.2) is 0 Å². The average molecular weight is 424 g/mol. The van der Waals surface area contributed by atoms with Crippen LogP contribution in [0.15, 0.2) is 48.5 Å². The van der Waals surface area contributed by atoms with Gasteiger partial charge in [-0.1, -0.05) is 18.2 Å². The van der Waals surface area contributed by atoms with Gasteiger partial charge in [0.2, 0.25) is 0 Å². The predicted molar refractivity (Wildman–Crippen MR) is 116 cm³/mol. The van der Waals surface area contributed by atoms with E-state index in [1.54, 1.807) is 0 Å². The van der Waals surface area contributed by atoms with Crippen LogP contribution in [0.1, 0.15) is 0 Å². The number of ether oxygens (including phenoxy) is 5. The molecule has 0 saturated carbocycles. The maximum atomic E-state index is 6.17. The molecule has 0 radical (unpaired) electrons. The fraction of sp³-hybridized carbons (Fsp3) is 0.500. The molecule has 2 aromatic carbocycles. The van der Waals surface area contributed by atoms with Gasteiger partial charge >= 0.3 is 0 Å². The second-order valence-electron chi connectivity index (χ2n) is 8.70. The van der Waals surface area contributed by atoms with Crippen LogP contribution in [-0.2, 0) is 18.9 Å². The van der Waals surface area contributed by atoms with E-state index in [1.807, 2.05) is 30.3 Å². The van der Waals surface area contributed by atoms with Crippen LogP contribution < -0.4 is 14.5 Å². The quantitative estimate of drug-likeness (QED) is 0.486. The van der Waals surface area contributed by atoms with E-state index >= 15 is 0 Å². The number of nitrogens with zero attached hydrogens (tertiary/aromatic N) is 2. The number of anilines is 2. The first-order chi connectivity index (χ1) is 15.3. The summed E-state index contributed by atoms with van der Waals surface area (Å²) >= 11 is 0. The fourth-order valence-corrected chi connectivity index (χ4v) is 3.93. The molecule has 6 rings (SSSR count). The van der Waals surface area contributed by atoms with Gasteiger partial charge in [-0.2, -0.15) is 0 Å². The van der Waals surface area contributed by atoms with E-state index < -0.39 is 0 Å². The van der Waals surface area contributed by atoms with Gasteiger partial charge in [0.05, 0.1) is 62.2 Å². The van der Waals surface area contributed by atoms with Crippen LogP contribution in [0.3, 0.4) is 0 Å². The molecular formula is C24H28N2O5. The fourth-order valence-electron chi connectivity index (χ4n) is 3.93. The van der Waals surface area contributed by atoms with Crippen molar-refractivity contribution in [3.8, 4) is 11.5 Å². The molecule has 4 fully saturated rings. The van der Waals surface area contributed by atoms with E-state index in [9.17, 15) is 0 Å². The van der Waals surface area contributed by atoms with Crippen molar-refractivity contribution in [2.24, 2.45) is 0 Å². The standard InChI is InChI=1S/C24H28N2O5/c1-2-4-17(5-3-1)31-18-6-7-23(25(9-19-13-27-19)10-20-14-28-20)24(8-18)26(11-21-15-29-21)12-22-16-30-22/h1-8,19-22H,9-16H2. The smallest absolute Gasteiger partial charge is 0.129 e. The molecule has 4 atom stereocenters. The molecule has 0 aromatic heterocycles. The van der Waals surface area contributed by atoms with Crippen molar-refractivity contribution in [1.82, 2.24) is 0 Å². The van der Waals surface area contributed by atoms with E-state index in [-0.39, 0.29) is 12.2 Å². The van der Waals surface area contributed by atoms with E-state index in [1.165, 1.54) is 5.69 Å². The Balaban J connectivity index is 1.33. The van der Waals surface area contributed by atoms with Gasteiger partial charge in [0.1, 0.15) is 11.5 Å². The van der Waals surface area contributed by atoms with Crippen LogP contribution in [0.2, 0.25) is 0 Å². The molecule has 0 spiro atoms. The van der Waals surface area contributed by atoms with E-state index in [0.717, 1.165) is 69.8 Å². The topological polar surface area (TPSA) is 65.8 Å². The summed E-state index contributed by atoms with van der Waals surface area (Å²) < 4.78 is 28.4. The third kappa shape index (κ3) is 5.30. The molecule has 4 heterocycles. The molecule has 4 saturated heterocycles. The summed E-state index contributed by atoms with van der Waals surface area (Å²) in [6.07, 6.45) is 1.19.